The molecule has 1 atom stereocenters. The predicted molar refractivity (Wildman–Crippen MR) is 57.6 cm³/mol. The van der Waals surface area contributed by atoms with Gasteiger partial charge in [0.1, 0.15) is 0 Å². The summed E-state index contributed by atoms with van der Waals surface area (Å²) in [5, 5.41) is 0. The number of halogens is 2. The van der Waals surface area contributed by atoms with Crippen LogP contribution in [0.2, 0.25) is 0 Å². The molecule has 13 heavy (non-hydrogen) atoms. The van der Waals surface area contributed by atoms with E-state index >= 15 is 0 Å². The number of sulfone groups is 1. The molecule has 0 heterocycles. The first kappa shape index (κ1) is 11.0. The fourth-order valence-corrected chi connectivity index (χ4v) is 2.54. The van der Waals surface area contributed by atoms with Crippen LogP contribution in [-0.4, -0.2) is 14.7 Å². The first-order valence-electron chi connectivity index (χ1n) is 3.50. The first-order chi connectivity index (χ1) is 5.93. The van der Waals surface area contributed by atoms with Gasteiger partial charge in [0.25, 0.3) is 0 Å². The number of alkyl halides is 1. The van der Waals surface area contributed by atoms with Crippen molar-refractivity contribution in [2.45, 2.75) is 4.71 Å². The van der Waals surface area contributed by atoms with Crippen LogP contribution in [0.25, 0.3) is 0 Å². The molecule has 0 aliphatic rings. The largest absolute Gasteiger partial charge is 0.227 e. The summed E-state index contributed by atoms with van der Waals surface area (Å²) in [4.78, 5) is 0. The Balaban J connectivity index is 3.17. The van der Waals surface area contributed by atoms with Gasteiger partial charge in [0.15, 0.2) is 14.5 Å². The smallest absolute Gasteiger partial charge is 0.168 e. The van der Waals surface area contributed by atoms with Crippen LogP contribution in [-0.2, 0) is 9.84 Å². The van der Waals surface area contributed by atoms with E-state index < -0.39 is 14.5 Å². The van der Waals surface area contributed by atoms with Crippen molar-refractivity contribution >= 4 is 37.4 Å². The van der Waals surface area contributed by atoms with Gasteiger partial charge in [-0.3, -0.25) is 0 Å². The SMILES string of the molecule is CS(=O)(=O)C(Cl)c1ccccc1Br. The second-order valence-electron chi connectivity index (χ2n) is 2.67. The van der Waals surface area contributed by atoms with E-state index in [2.05, 4.69) is 15.9 Å². The minimum absolute atomic E-state index is 0.576. The van der Waals surface area contributed by atoms with E-state index in [1.165, 1.54) is 0 Å². The first-order valence-corrected chi connectivity index (χ1v) is 6.68. The molecule has 1 rings (SSSR count). The summed E-state index contributed by atoms with van der Waals surface area (Å²) >= 11 is 9.01. The van der Waals surface area contributed by atoms with Crippen molar-refractivity contribution in [1.82, 2.24) is 0 Å². The Labute approximate surface area is 91.0 Å². The Kier molecular flexibility index (Phi) is 3.38. The van der Waals surface area contributed by atoms with E-state index in [9.17, 15) is 8.42 Å². The summed E-state index contributed by atoms with van der Waals surface area (Å²) in [5.41, 5.74) is 0.576. The molecular formula is C8H8BrClO2S. The molecule has 0 N–H and O–H groups in total. The number of hydrogen-bond donors (Lipinski definition) is 0. The third-order valence-electron chi connectivity index (χ3n) is 1.53. The predicted octanol–water partition coefficient (Wildman–Crippen LogP) is 2.73. The average molecular weight is 284 g/mol. The normalized spacial score (nSPS) is 14.1. The topological polar surface area (TPSA) is 34.1 Å². The van der Waals surface area contributed by atoms with Crippen LogP contribution in [0, 0.1) is 0 Å². The number of rotatable bonds is 2. The maximum absolute atomic E-state index is 11.1. The van der Waals surface area contributed by atoms with Gasteiger partial charge in [0.05, 0.1) is 0 Å². The quantitative estimate of drug-likeness (QED) is 0.782. The van der Waals surface area contributed by atoms with Crippen LogP contribution in [0.5, 0.6) is 0 Å². The van der Waals surface area contributed by atoms with Crippen molar-refractivity contribution in [1.29, 1.82) is 0 Å². The average Bonchev–Trinajstić information content (AvgIpc) is 2.02. The molecule has 0 saturated carbocycles. The van der Waals surface area contributed by atoms with Crippen LogP contribution >= 0.6 is 27.5 Å². The molecule has 1 unspecified atom stereocenters. The molecule has 0 bridgehead atoms. The Bertz CT molecular complexity index is 402. The highest BCUT2D eigenvalue weighted by Gasteiger charge is 2.21. The highest BCUT2D eigenvalue weighted by molar-refractivity contribution is 9.10. The Morgan fingerprint density at radius 1 is 1.38 bits per heavy atom. The molecule has 0 aliphatic heterocycles. The van der Waals surface area contributed by atoms with Crippen LogP contribution in [0.15, 0.2) is 28.7 Å². The molecule has 72 valence electrons. The lowest BCUT2D eigenvalue weighted by atomic mass is 10.2. The fourth-order valence-electron chi connectivity index (χ4n) is 0.890. The molecule has 0 amide bonds. The zero-order chi connectivity index (χ0) is 10.1. The van der Waals surface area contributed by atoms with Gasteiger partial charge in [-0.25, -0.2) is 8.42 Å². The van der Waals surface area contributed by atoms with E-state index in [0.717, 1.165) is 6.26 Å². The van der Waals surface area contributed by atoms with Crippen molar-refractivity contribution in [3.05, 3.63) is 34.3 Å². The summed E-state index contributed by atoms with van der Waals surface area (Å²) < 4.78 is 22.0. The number of benzene rings is 1. The molecule has 1 aromatic rings. The third-order valence-corrected chi connectivity index (χ3v) is 4.46. The van der Waals surface area contributed by atoms with Crippen molar-refractivity contribution in [2.24, 2.45) is 0 Å². The van der Waals surface area contributed by atoms with Crippen molar-refractivity contribution in [3.8, 4) is 0 Å². The lowest BCUT2D eigenvalue weighted by Gasteiger charge is -2.08. The van der Waals surface area contributed by atoms with Gasteiger partial charge in [0, 0.05) is 10.7 Å². The molecule has 1 aromatic carbocycles. The zero-order valence-electron chi connectivity index (χ0n) is 6.87. The van der Waals surface area contributed by atoms with Crippen LogP contribution in [0.3, 0.4) is 0 Å². The van der Waals surface area contributed by atoms with E-state index in [0.29, 0.717) is 10.0 Å². The van der Waals surface area contributed by atoms with Gasteiger partial charge in [0.2, 0.25) is 0 Å². The van der Waals surface area contributed by atoms with E-state index in [1.807, 2.05) is 0 Å². The van der Waals surface area contributed by atoms with Crippen molar-refractivity contribution < 1.29 is 8.42 Å². The Hall–Kier alpha value is -0.0600. The van der Waals surface area contributed by atoms with Crippen molar-refractivity contribution in [2.75, 3.05) is 6.26 Å². The molecule has 0 aliphatic carbocycles. The summed E-state index contributed by atoms with van der Waals surface area (Å²) in [7, 11) is -3.24. The van der Waals surface area contributed by atoms with Gasteiger partial charge in [-0.05, 0) is 11.6 Å². The molecular weight excluding hydrogens is 276 g/mol. The molecule has 0 aromatic heterocycles. The van der Waals surface area contributed by atoms with Gasteiger partial charge in [-0.1, -0.05) is 34.1 Å². The van der Waals surface area contributed by atoms with Crippen LogP contribution in [0.4, 0.5) is 0 Å². The van der Waals surface area contributed by atoms with E-state index in [1.54, 1.807) is 24.3 Å². The lowest BCUT2D eigenvalue weighted by Crippen LogP contribution is -2.05. The van der Waals surface area contributed by atoms with Crippen molar-refractivity contribution in [3.63, 3.8) is 0 Å². The van der Waals surface area contributed by atoms with Gasteiger partial charge >= 0.3 is 0 Å². The number of hydrogen-bond acceptors (Lipinski definition) is 2. The molecule has 2 nitrogen and oxygen atoms in total. The van der Waals surface area contributed by atoms with Crippen LogP contribution < -0.4 is 0 Å². The fraction of sp³-hybridized carbons (Fsp3) is 0.250. The summed E-state index contributed by atoms with van der Waals surface area (Å²) in [6, 6.07) is 7.00. The lowest BCUT2D eigenvalue weighted by molar-refractivity contribution is 0.599. The maximum atomic E-state index is 11.1. The molecule has 0 fully saturated rings. The summed E-state index contributed by atoms with van der Waals surface area (Å²) in [6.45, 7) is 0. The zero-order valence-corrected chi connectivity index (χ0v) is 10.0. The summed E-state index contributed by atoms with van der Waals surface area (Å²) in [5.74, 6) is 0. The molecule has 0 spiro atoms. The van der Waals surface area contributed by atoms with Gasteiger partial charge in [-0.2, -0.15) is 0 Å². The Morgan fingerprint density at radius 3 is 2.38 bits per heavy atom. The molecule has 0 saturated heterocycles. The maximum Gasteiger partial charge on any atom is 0.168 e. The second-order valence-corrected chi connectivity index (χ2v) is 6.35. The summed E-state index contributed by atoms with van der Waals surface area (Å²) in [6.07, 6.45) is 1.12. The van der Waals surface area contributed by atoms with E-state index in [4.69, 9.17) is 11.6 Å². The minimum Gasteiger partial charge on any atom is -0.227 e. The monoisotopic (exact) mass is 282 g/mol. The second kappa shape index (κ2) is 3.98. The Morgan fingerprint density at radius 2 is 1.92 bits per heavy atom. The van der Waals surface area contributed by atoms with Gasteiger partial charge in [-0.15, -0.1) is 11.6 Å². The highest BCUT2D eigenvalue weighted by Crippen LogP contribution is 2.31. The van der Waals surface area contributed by atoms with Gasteiger partial charge < -0.3 is 0 Å². The molecule has 5 heteroatoms. The van der Waals surface area contributed by atoms with E-state index in [-0.39, 0.29) is 0 Å². The highest BCUT2D eigenvalue weighted by atomic mass is 79.9. The molecule has 0 radical (unpaired) electrons. The van der Waals surface area contributed by atoms with Crippen LogP contribution in [0.1, 0.15) is 10.3 Å². The standard InChI is InChI=1S/C8H8BrClO2S/c1-13(11,12)8(10)6-4-2-3-5-7(6)9/h2-5,8H,1H3. The minimum atomic E-state index is -3.24. The third kappa shape index (κ3) is 2.69.